The minimum Gasteiger partial charge on any atom is -0.394 e. The van der Waals surface area contributed by atoms with Gasteiger partial charge in [0.15, 0.2) is 0 Å². The van der Waals surface area contributed by atoms with E-state index in [1.165, 1.54) is 5.56 Å². The lowest BCUT2D eigenvalue weighted by molar-refractivity contribution is -0.0806. The lowest BCUT2D eigenvalue weighted by atomic mass is 10.0. The van der Waals surface area contributed by atoms with Crippen molar-refractivity contribution in [1.29, 1.82) is 0 Å². The topological polar surface area (TPSA) is 50.5 Å². The predicted octanol–water partition coefficient (Wildman–Crippen LogP) is 2.58. The van der Waals surface area contributed by atoms with Crippen LogP contribution < -0.4 is 0 Å². The molecule has 3 rings (SSSR count). The van der Waals surface area contributed by atoms with Crippen molar-refractivity contribution in [1.82, 2.24) is 14.7 Å². The standard InChI is InChI=1S/C19H27N3O2/c1-14(2)19-16(9-21-11-18(12-23)24-13-15(21)3)10-22(20-19)17-7-5-4-6-8-17/h4-8,10,14-15,18,23H,9,11-13H2,1-3H3. The van der Waals surface area contributed by atoms with Crippen LogP contribution in [0.15, 0.2) is 36.5 Å². The molecule has 5 heteroatoms. The number of hydrogen-bond acceptors (Lipinski definition) is 4. The average molecular weight is 329 g/mol. The van der Waals surface area contributed by atoms with E-state index in [1.807, 2.05) is 22.9 Å². The van der Waals surface area contributed by atoms with Crippen molar-refractivity contribution >= 4 is 0 Å². The van der Waals surface area contributed by atoms with E-state index < -0.39 is 0 Å². The van der Waals surface area contributed by atoms with Crippen LogP contribution in [0.2, 0.25) is 0 Å². The second-order valence-electron chi connectivity index (χ2n) is 6.89. The number of benzene rings is 1. The maximum atomic E-state index is 9.39. The second kappa shape index (κ2) is 7.47. The highest BCUT2D eigenvalue weighted by Gasteiger charge is 2.27. The SMILES string of the molecule is CC(C)c1nn(-c2ccccc2)cc1CN1CC(CO)OCC1C. The number of hydrogen-bond donors (Lipinski definition) is 1. The number of aliphatic hydroxyl groups excluding tert-OH is 1. The summed E-state index contributed by atoms with van der Waals surface area (Å²) in [5.74, 6) is 0.370. The minimum atomic E-state index is -0.0899. The van der Waals surface area contributed by atoms with Gasteiger partial charge in [0.05, 0.1) is 30.7 Å². The second-order valence-corrected chi connectivity index (χ2v) is 6.89. The number of nitrogens with zero attached hydrogens (tertiary/aromatic N) is 3. The Bertz CT molecular complexity index is 654. The Labute approximate surface area is 143 Å². The van der Waals surface area contributed by atoms with E-state index in [0.29, 0.717) is 18.6 Å². The Balaban J connectivity index is 1.85. The van der Waals surface area contributed by atoms with Crippen LogP contribution in [0.3, 0.4) is 0 Å². The fourth-order valence-electron chi connectivity index (χ4n) is 3.17. The quantitative estimate of drug-likeness (QED) is 0.916. The molecule has 1 N–H and O–H groups in total. The fourth-order valence-corrected chi connectivity index (χ4v) is 3.17. The molecule has 0 saturated carbocycles. The number of aliphatic hydroxyl groups is 1. The number of aromatic nitrogens is 2. The van der Waals surface area contributed by atoms with Crippen LogP contribution in [0.25, 0.3) is 5.69 Å². The third kappa shape index (κ3) is 3.69. The van der Waals surface area contributed by atoms with Gasteiger partial charge in [0, 0.05) is 30.9 Å². The van der Waals surface area contributed by atoms with Crippen molar-refractivity contribution in [2.45, 2.75) is 45.4 Å². The molecule has 0 amide bonds. The smallest absolute Gasteiger partial charge is 0.0933 e. The Hall–Kier alpha value is -1.69. The zero-order valence-corrected chi connectivity index (χ0v) is 14.7. The highest BCUT2D eigenvalue weighted by Crippen LogP contribution is 2.23. The van der Waals surface area contributed by atoms with Crippen molar-refractivity contribution in [2.75, 3.05) is 19.8 Å². The molecular weight excluding hydrogens is 302 g/mol. The van der Waals surface area contributed by atoms with Crippen LogP contribution in [0.4, 0.5) is 0 Å². The van der Waals surface area contributed by atoms with Crippen LogP contribution >= 0.6 is 0 Å². The summed E-state index contributed by atoms with van der Waals surface area (Å²) in [7, 11) is 0. The Kier molecular flexibility index (Phi) is 5.33. The first-order valence-corrected chi connectivity index (χ1v) is 8.69. The van der Waals surface area contributed by atoms with Gasteiger partial charge in [0.2, 0.25) is 0 Å². The highest BCUT2D eigenvalue weighted by atomic mass is 16.5. The lowest BCUT2D eigenvalue weighted by Crippen LogP contribution is -2.48. The molecule has 2 unspecified atom stereocenters. The van der Waals surface area contributed by atoms with Crippen LogP contribution in [0.1, 0.15) is 37.9 Å². The first-order chi connectivity index (χ1) is 11.6. The molecule has 1 aromatic carbocycles. The van der Waals surface area contributed by atoms with E-state index in [2.05, 4.69) is 44.0 Å². The molecule has 0 spiro atoms. The Morgan fingerprint density at radius 3 is 2.71 bits per heavy atom. The van der Waals surface area contributed by atoms with E-state index in [0.717, 1.165) is 24.5 Å². The zero-order valence-electron chi connectivity index (χ0n) is 14.7. The lowest BCUT2D eigenvalue weighted by Gasteiger charge is -2.37. The van der Waals surface area contributed by atoms with E-state index >= 15 is 0 Å². The number of rotatable bonds is 5. The molecule has 5 nitrogen and oxygen atoms in total. The maximum absolute atomic E-state index is 9.39. The van der Waals surface area contributed by atoms with Gasteiger partial charge in [0.25, 0.3) is 0 Å². The molecule has 2 atom stereocenters. The summed E-state index contributed by atoms with van der Waals surface area (Å²) in [5, 5.41) is 14.2. The summed E-state index contributed by atoms with van der Waals surface area (Å²) < 4.78 is 7.62. The fraction of sp³-hybridized carbons (Fsp3) is 0.526. The van der Waals surface area contributed by atoms with Gasteiger partial charge in [-0.25, -0.2) is 4.68 Å². The minimum absolute atomic E-state index is 0.0730. The molecule has 0 aliphatic carbocycles. The van der Waals surface area contributed by atoms with Gasteiger partial charge >= 0.3 is 0 Å². The predicted molar refractivity (Wildman–Crippen MR) is 94.4 cm³/mol. The molecule has 1 aliphatic heterocycles. The molecule has 1 aromatic heterocycles. The van der Waals surface area contributed by atoms with E-state index in [9.17, 15) is 5.11 Å². The van der Waals surface area contributed by atoms with Crippen LogP contribution in [-0.2, 0) is 11.3 Å². The summed E-state index contributed by atoms with van der Waals surface area (Å²) >= 11 is 0. The molecule has 130 valence electrons. The molecule has 0 radical (unpaired) electrons. The largest absolute Gasteiger partial charge is 0.394 e. The summed E-state index contributed by atoms with van der Waals surface area (Å²) in [6, 6.07) is 10.6. The molecular formula is C19H27N3O2. The molecule has 1 fully saturated rings. The molecule has 0 bridgehead atoms. The maximum Gasteiger partial charge on any atom is 0.0933 e. The van der Waals surface area contributed by atoms with Crippen molar-refractivity contribution in [3.63, 3.8) is 0 Å². The molecule has 2 heterocycles. The number of para-hydroxylation sites is 1. The van der Waals surface area contributed by atoms with Crippen LogP contribution in [0.5, 0.6) is 0 Å². The van der Waals surface area contributed by atoms with Gasteiger partial charge in [-0.2, -0.15) is 5.10 Å². The van der Waals surface area contributed by atoms with E-state index in [1.54, 1.807) is 0 Å². The zero-order chi connectivity index (χ0) is 17.1. The van der Waals surface area contributed by atoms with Crippen LogP contribution in [-0.4, -0.2) is 51.7 Å². The van der Waals surface area contributed by atoms with Crippen LogP contribution in [0, 0.1) is 0 Å². The molecule has 1 saturated heterocycles. The summed E-state index contributed by atoms with van der Waals surface area (Å²) in [6.45, 7) is 8.86. The average Bonchev–Trinajstić information content (AvgIpc) is 3.02. The van der Waals surface area contributed by atoms with Crippen molar-refractivity contribution in [3.8, 4) is 5.69 Å². The summed E-state index contributed by atoms with van der Waals surface area (Å²) in [5.41, 5.74) is 3.46. The van der Waals surface area contributed by atoms with Crippen molar-refractivity contribution < 1.29 is 9.84 Å². The Morgan fingerprint density at radius 1 is 1.29 bits per heavy atom. The van der Waals surface area contributed by atoms with Gasteiger partial charge < -0.3 is 9.84 Å². The third-order valence-electron chi connectivity index (χ3n) is 4.60. The van der Waals surface area contributed by atoms with Gasteiger partial charge in [-0.05, 0) is 25.0 Å². The molecule has 24 heavy (non-hydrogen) atoms. The van der Waals surface area contributed by atoms with Gasteiger partial charge in [-0.1, -0.05) is 32.0 Å². The van der Waals surface area contributed by atoms with Crippen molar-refractivity contribution in [2.24, 2.45) is 0 Å². The Morgan fingerprint density at radius 2 is 2.04 bits per heavy atom. The molecule has 2 aromatic rings. The van der Waals surface area contributed by atoms with Crippen molar-refractivity contribution in [3.05, 3.63) is 47.8 Å². The van der Waals surface area contributed by atoms with Gasteiger partial charge in [-0.15, -0.1) is 0 Å². The van der Waals surface area contributed by atoms with E-state index in [-0.39, 0.29) is 12.7 Å². The first-order valence-electron chi connectivity index (χ1n) is 8.69. The number of ether oxygens (including phenoxy) is 1. The normalized spacial score (nSPS) is 22.2. The first kappa shape index (κ1) is 17.1. The monoisotopic (exact) mass is 329 g/mol. The number of morpholine rings is 1. The van der Waals surface area contributed by atoms with E-state index in [4.69, 9.17) is 9.84 Å². The van der Waals surface area contributed by atoms with Gasteiger partial charge in [-0.3, -0.25) is 4.90 Å². The summed E-state index contributed by atoms with van der Waals surface area (Å²) in [6.07, 6.45) is 2.05. The molecule has 1 aliphatic rings. The van der Waals surface area contributed by atoms with Gasteiger partial charge in [0.1, 0.15) is 0 Å². The highest BCUT2D eigenvalue weighted by molar-refractivity contribution is 5.33. The summed E-state index contributed by atoms with van der Waals surface area (Å²) in [4.78, 5) is 2.38. The third-order valence-corrected chi connectivity index (χ3v) is 4.60.